The third-order valence-electron chi connectivity index (χ3n) is 4.80. The molecule has 2 atom stereocenters. The molecule has 2 saturated carbocycles. The molecular formula is C15H19Br2NO. The maximum absolute atomic E-state index is 6.30. The summed E-state index contributed by atoms with van der Waals surface area (Å²) in [5, 5.41) is 0. The molecule has 2 nitrogen and oxygen atoms in total. The van der Waals surface area contributed by atoms with E-state index in [4.69, 9.17) is 10.5 Å². The van der Waals surface area contributed by atoms with Crippen LogP contribution in [-0.4, -0.2) is 12.1 Å². The van der Waals surface area contributed by atoms with Gasteiger partial charge in [-0.25, -0.2) is 0 Å². The van der Waals surface area contributed by atoms with Crippen molar-refractivity contribution < 1.29 is 4.74 Å². The molecule has 0 saturated heterocycles. The third-order valence-corrected chi connectivity index (χ3v) is 5.91. The molecule has 0 amide bonds. The Kier molecular flexibility index (Phi) is 3.93. The molecule has 2 fully saturated rings. The van der Waals surface area contributed by atoms with E-state index in [1.54, 1.807) is 0 Å². The molecule has 0 radical (unpaired) electrons. The van der Waals surface area contributed by atoms with Crippen molar-refractivity contribution in [2.75, 3.05) is 0 Å². The van der Waals surface area contributed by atoms with Gasteiger partial charge >= 0.3 is 0 Å². The largest absolute Gasteiger partial charge is 0.489 e. The van der Waals surface area contributed by atoms with Crippen LogP contribution < -0.4 is 10.5 Å². The second kappa shape index (κ2) is 5.38. The lowest BCUT2D eigenvalue weighted by molar-refractivity contribution is -0.0901. The van der Waals surface area contributed by atoms with Gasteiger partial charge in [-0.15, -0.1) is 0 Å². The fourth-order valence-electron chi connectivity index (χ4n) is 3.57. The van der Waals surface area contributed by atoms with Crippen LogP contribution >= 0.6 is 31.9 Å². The minimum atomic E-state index is 0.241. The Labute approximate surface area is 131 Å². The van der Waals surface area contributed by atoms with E-state index in [2.05, 4.69) is 31.9 Å². The van der Waals surface area contributed by atoms with Crippen molar-refractivity contribution in [2.24, 2.45) is 11.1 Å². The van der Waals surface area contributed by atoms with Gasteiger partial charge in [0.25, 0.3) is 0 Å². The van der Waals surface area contributed by atoms with Crippen molar-refractivity contribution in [3.63, 3.8) is 0 Å². The zero-order valence-corrected chi connectivity index (χ0v) is 14.0. The minimum absolute atomic E-state index is 0.241. The fraction of sp³-hybridized carbons (Fsp3) is 0.600. The quantitative estimate of drug-likeness (QED) is 0.800. The van der Waals surface area contributed by atoms with Gasteiger partial charge in [0.05, 0.1) is 4.47 Å². The van der Waals surface area contributed by atoms with Crippen molar-refractivity contribution >= 4 is 31.9 Å². The van der Waals surface area contributed by atoms with Gasteiger partial charge in [-0.1, -0.05) is 35.2 Å². The van der Waals surface area contributed by atoms with Gasteiger partial charge < -0.3 is 10.5 Å². The van der Waals surface area contributed by atoms with E-state index in [0.29, 0.717) is 12.1 Å². The summed E-state index contributed by atoms with van der Waals surface area (Å²) in [5.41, 5.74) is 6.54. The molecule has 2 N–H and O–H groups in total. The summed E-state index contributed by atoms with van der Waals surface area (Å²) in [6, 6.07) is 6.40. The molecule has 1 spiro atoms. The van der Waals surface area contributed by atoms with Crippen LogP contribution in [0.3, 0.4) is 0 Å². The fourth-order valence-corrected chi connectivity index (χ4v) is 4.71. The highest BCUT2D eigenvalue weighted by Crippen LogP contribution is 2.52. The van der Waals surface area contributed by atoms with Gasteiger partial charge in [-0.2, -0.15) is 0 Å². The number of hydrogen-bond donors (Lipinski definition) is 1. The number of nitrogens with two attached hydrogens (primary N) is 1. The summed E-state index contributed by atoms with van der Waals surface area (Å²) in [7, 11) is 0. The average Bonchev–Trinajstić information content (AvgIpc) is 2.42. The van der Waals surface area contributed by atoms with Crippen LogP contribution in [0.15, 0.2) is 27.1 Å². The van der Waals surface area contributed by atoms with Crippen molar-refractivity contribution in [3.05, 3.63) is 27.1 Å². The lowest BCUT2D eigenvalue weighted by Gasteiger charge is -2.56. The maximum Gasteiger partial charge on any atom is 0.134 e. The molecular weight excluding hydrogens is 370 g/mol. The minimum Gasteiger partial charge on any atom is -0.489 e. The standard InChI is InChI=1S/C15H19Br2NO/c16-10-4-5-12(11(17)8-10)19-14-9-13(18)15(14)6-2-1-3-7-15/h4-5,8,13-14H,1-3,6-7,9,18H2. The van der Waals surface area contributed by atoms with Crippen molar-refractivity contribution in [1.82, 2.24) is 0 Å². The average molecular weight is 389 g/mol. The van der Waals surface area contributed by atoms with Gasteiger partial charge in [-0.3, -0.25) is 0 Å². The molecule has 2 aliphatic rings. The number of ether oxygens (including phenoxy) is 1. The van der Waals surface area contributed by atoms with E-state index in [1.165, 1.54) is 32.1 Å². The second-order valence-electron chi connectivity index (χ2n) is 5.82. The highest BCUT2D eigenvalue weighted by molar-refractivity contribution is 9.11. The summed E-state index contributed by atoms with van der Waals surface area (Å²) in [6.07, 6.45) is 7.69. The zero-order valence-electron chi connectivity index (χ0n) is 10.9. The van der Waals surface area contributed by atoms with Crippen LogP contribution in [0.5, 0.6) is 5.75 Å². The van der Waals surface area contributed by atoms with Crippen LogP contribution in [0.25, 0.3) is 0 Å². The Morgan fingerprint density at radius 3 is 2.53 bits per heavy atom. The van der Waals surface area contributed by atoms with Gasteiger partial charge in [0.1, 0.15) is 11.9 Å². The molecule has 2 unspecified atom stereocenters. The highest BCUT2D eigenvalue weighted by atomic mass is 79.9. The first-order chi connectivity index (χ1) is 9.12. The number of hydrogen-bond acceptors (Lipinski definition) is 2. The Morgan fingerprint density at radius 1 is 1.16 bits per heavy atom. The zero-order chi connectivity index (χ0) is 13.5. The molecule has 0 aromatic heterocycles. The van der Waals surface area contributed by atoms with Crippen LogP contribution in [0.4, 0.5) is 0 Å². The third kappa shape index (κ3) is 2.47. The molecule has 0 aliphatic heterocycles. The molecule has 104 valence electrons. The Bertz CT molecular complexity index is 471. The van der Waals surface area contributed by atoms with E-state index >= 15 is 0 Å². The van der Waals surface area contributed by atoms with Gasteiger partial charge in [0.15, 0.2) is 0 Å². The Balaban J connectivity index is 1.76. The predicted octanol–water partition coefficient (Wildman–Crippen LogP) is 4.64. The van der Waals surface area contributed by atoms with Crippen molar-refractivity contribution in [2.45, 2.75) is 50.7 Å². The van der Waals surface area contributed by atoms with Crippen LogP contribution in [-0.2, 0) is 0 Å². The first-order valence-electron chi connectivity index (χ1n) is 6.99. The van der Waals surface area contributed by atoms with E-state index in [0.717, 1.165) is 21.1 Å². The van der Waals surface area contributed by atoms with E-state index in [1.807, 2.05) is 18.2 Å². The van der Waals surface area contributed by atoms with Crippen molar-refractivity contribution in [1.29, 1.82) is 0 Å². The maximum atomic E-state index is 6.30. The highest BCUT2D eigenvalue weighted by Gasteiger charge is 2.55. The molecule has 1 aromatic carbocycles. The smallest absolute Gasteiger partial charge is 0.134 e. The molecule has 4 heteroatoms. The second-order valence-corrected chi connectivity index (χ2v) is 7.59. The topological polar surface area (TPSA) is 35.2 Å². The van der Waals surface area contributed by atoms with Crippen molar-refractivity contribution in [3.8, 4) is 5.75 Å². The normalized spacial score (nSPS) is 29.0. The molecule has 3 rings (SSSR count). The summed E-state index contributed by atoms with van der Waals surface area (Å²) < 4.78 is 8.32. The van der Waals surface area contributed by atoms with E-state index < -0.39 is 0 Å². The van der Waals surface area contributed by atoms with Crippen LogP contribution in [0, 0.1) is 5.41 Å². The summed E-state index contributed by atoms with van der Waals surface area (Å²) in [4.78, 5) is 0. The molecule has 19 heavy (non-hydrogen) atoms. The van der Waals surface area contributed by atoms with Crippen LogP contribution in [0.2, 0.25) is 0 Å². The Morgan fingerprint density at radius 2 is 1.89 bits per heavy atom. The molecule has 2 aliphatic carbocycles. The van der Waals surface area contributed by atoms with Gasteiger partial charge in [0, 0.05) is 22.4 Å². The lowest BCUT2D eigenvalue weighted by atomic mass is 9.55. The van der Waals surface area contributed by atoms with Gasteiger partial charge in [0.2, 0.25) is 0 Å². The van der Waals surface area contributed by atoms with E-state index in [9.17, 15) is 0 Å². The first-order valence-corrected chi connectivity index (χ1v) is 8.58. The first kappa shape index (κ1) is 13.9. The summed E-state index contributed by atoms with van der Waals surface area (Å²) >= 11 is 7.04. The molecule has 0 heterocycles. The van der Waals surface area contributed by atoms with Gasteiger partial charge in [-0.05, 0) is 47.0 Å². The SMILES string of the molecule is NC1CC(Oc2ccc(Br)cc2Br)C12CCCCC2. The summed E-state index contributed by atoms with van der Waals surface area (Å²) in [6.45, 7) is 0. The van der Waals surface area contributed by atoms with Crippen LogP contribution in [0.1, 0.15) is 38.5 Å². The van der Waals surface area contributed by atoms with E-state index in [-0.39, 0.29) is 5.41 Å². The summed E-state index contributed by atoms with van der Waals surface area (Å²) in [5.74, 6) is 0.935. The molecule has 0 bridgehead atoms. The monoisotopic (exact) mass is 387 g/mol. The number of rotatable bonds is 2. The predicted molar refractivity (Wildman–Crippen MR) is 84.4 cm³/mol. The lowest BCUT2D eigenvalue weighted by Crippen LogP contribution is -2.64. The number of benzene rings is 1. The molecule has 1 aromatic rings. The number of halogens is 2. The Hall–Kier alpha value is -0.0600.